The van der Waals surface area contributed by atoms with Crippen LogP contribution >= 0.6 is 0 Å². The topological polar surface area (TPSA) is 82.1 Å². The Bertz CT molecular complexity index is 964. The molecule has 1 aliphatic rings. The van der Waals surface area contributed by atoms with Crippen molar-refractivity contribution in [2.75, 3.05) is 20.8 Å². The molecule has 2 aromatic carbocycles. The summed E-state index contributed by atoms with van der Waals surface area (Å²) in [7, 11) is -1.42. The molecule has 0 aromatic heterocycles. The van der Waals surface area contributed by atoms with Crippen LogP contribution in [0.5, 0.6) is 11.5 Å². The van der Waals surface area contributed by atoms with E-state index >= 15 is 0 Å². The summed E-state index contributed by atoms with van der Waals surface area (Å²) in [5.41, 5.74) is 0. The molecule has 0 spiro atoms. The molecule has 1 aliphatic heterocycles. The van der Waals surface area contributed by atoms with Gasteiger partial charge in [-0.05, 0) is 24.3 Å². The molecular weight excluding hydrogens is 389 g/mol. The van der Waals surface area contributed by atoms with E-state index in [1.54, 1.807) is 18.2 Å². The van der Waals surface area contributed by atoms with E-state index in [0.717, 1.165) is 4.31 Å². The minimum atomic E-state index is -4.03. The fourth-order valence-corrected chi connectivity index (χ4v) is 4.74. The molecule has 9 heteroatoms. The van der Waals surface area contributed by atoms with E-state index in [4.69, 9.17) is 14.2 Å². The predicted octanol–water partition coefficient (Wildman–Crippen LogP) is 2.22. The van der Waals surface area contributed by atoms with E-state index in [-0.39, 0.29) is 23.6 Å². The number of esters is 1. The first-order valence-corrected chi connectivity index (χ1v) is 9.95. The van der Waals surface area contributed by atoms with Crippen LogP contribution in [0.25, 0.3) is 0 Å². The molecule has 0 amide bonds. The van der Waals surface area contributed by atoms with E-state index in [1.165, 1.54) is 44.6 Å². The number of ether oxygens (including phenoxy) is 3. The van der Waals surface area contributed by atoms with Crippen molar-refractivity contribution in [2.45, 2.75) is 23.5 Å². The highest BCUT2D eigenvalue weighted by atomic mass is 32.2. The zero-order valence-electron chi connectivity index (χ0n) is 15.4. The molecule has 2 unspecified atom stereocenters. The summed E-state index contributed by atoms with van der Waals surface area (Å²) in [6.45, 7) is -0.117. The first-order chi connectivity index (χ1) is 13.4. The summed E-state index contributed by atoms with van der Waals surface area (Å²) >= 11 is 0. The monoisotopic (exact) mass is 409 g/mol. The van der Waals surface area contributed by atoms with E-state index in [0.29, 0.717) is 5.75 Å². The fourth-order valence-electron chi connectivity index (χ4n) is 3.09. The number of sulfonamides is 1. The molecular formula is C19H20FNO6S. The van der Waals surface area contributed by atoms with Crippen LogP contribution in [0, 0.1) is 5.82 Å². The van der Waals surface area contributed by atoms with Gasteiger partial charge in [-0.15, -0.1) is 0 Å². The molecule has 7 nitrogen and oxygen atoms in total. The van der Waals surface area contributed by atoms with Crippen LogP contribution in [0.3, 0.4) is 0 Å². The summed E-state index contributed by atoms with van der Waals surface area (Å²) < 4.78 is 56.6. The van der Waals surface area contributed by atoms with Gasteiger partial charge in [0.15, 0.2) is 11.6 Å². The lowest BCUT2D eigenvalue weighted by atomic mass is 10.2. The lowest BCUT2D eigenvalue weighted by Crippen LogP contribution is -2.41. The lowest BCUT2D eigenvalue weighted by Gasteiger charge is -2.22. The van der Waals surface area contributed by atoms with Crippen LogP contribution in [0.4, 0.5) is 4.39 Å². The van der Waals surface area contributed by atoms with Crippen LogP contribution in [0.2, 0.25) is 0 Å². The third-order valence-electron chi connectivity index (χ3n) is 4.47. The van der Waals surface area contributed by atoms with Gasteiger partial charge in [-0.2, -0.15) is 4.31 Å². The van der Waals surface area contributed by atoms with Crippen LogP contribution < -0.4 is 9.47 Å². The maximum Gasteiger partial charge on any atom is 0.324 e. The third kappa shape index (κ3) is 3.95. The first kappa shape index (κ1) is 20.1. The van der Waals surface area contributed by atoms with Gasteiger partial charge >= 0.3 is 5.97 Å². The molecule has 28 heavy (non-hydrogen) atoms. The van der Waals surface area contributed by atoms with E-state index in [1.807, 2.05) is 0 Å². The van der Waals surface area contributed by atoms with E-state index < -0.39 is 34.0 Å². The lowest BCUT2D eigenvalue weighted by molar-refractivity contribution is -0.144. The van der Waals surface area contributed by atoms with Crippen LogP contribution in [0.1, 0.15) is 6.42 Å². The normalized spacial score (nSPS) is 20.0. The van der Waals surface area contributed by atoms with Gasteiger partial charge in [-0.1, -0.05) is 18.2 Å². The highest BCUT2D eigenvalue weighted by Gasteiger charge is 2.45. The van der Waals surface area contributed by atoms with Gasteiger partial charge in [0.25, 0.3) is 0 Å². The minimum absolute atomic E-state index is 0.00301. The van der Waals surface area contributed by atoms with Gasteiger partial charge in [-0.25, -0.2) is 12.8 Å². The van der Waals surface area contributed by atoms with E-state index in [9.17, 15) is 17.6 Å². The average Bonchev–Trinajstić information content (AvgIpc) is 3.14. The van der Waals surface area contributed by atoms with Gasteiger partial charge in [0, 0.05) is 12.5 Å². The Kier molecular flexibility index (Phi) is 5.85. The molecule has 0 N–H and O–H groups in total. The van der Waals surface area contributed by atoms with Crippen LogP contribution in [-0.4, -0.2) is 51.6 Å². The Morgan fingerprint density at radius 2 is 1.89 bits per heavy atom. The van der Waals surface area contributed by atoms with Gasteiger partial charge in [0.05, 0.1) is 25.7 Å². The zero-order chi connectivity index (χ0) is 20.3. The van der Waals surface area contributed by atoms with Gasteiger partial charge < -0.3 is 14.2 Å². The number of hydrogen-bond donors (Lipinski definition) is 0. The molecule has 0 aliphatic carbocycles. The predicted molar refractivity (Wildman–Crippen MR) is 98.1 cm³/mol. The standard InChI is InChI=1S/C19H20FNO6S/c1-25-13-6-5-7-15(10-13)28(23,24)21-12-14(11-17(21)19(22)26-2)27-18-9-4-3-8-16(18)20/h3-10,14,17H,11-12H2,1-2H3. The number of nitrogens with zero attached hydrogens (tertiary/aromatic N) is 1. The number of para-hydroxylation sites is 1. The maximum absolute atomic E-state index is 13.9. The Morgan fingerprint density at radius 1 is 1.14 bits per heavy atom. The highest BCUT2D eigenvalue weighted by Crippen LogP contribution is 2.31. The summed E-state index contributed by atoms with van der Waals surface area (Å²) in [5, 5.41) is 0. The molecule has 0 saturated carbocycles. The molecule has 2 atom stereocenters. The average molecular weight is 409 g/mol. The fraction of sp³-hybridized carbons (Fsp3) is 0.316. The second-order valence-corrected chi connectivity index (χ2v) is 8.09. The second-order valence-electron chi connectivity index (χ2n) is 6.20. The summed E-state index contributed by atoms with van der Waals surface area (Å²) in [4.78, 5) is 12.2. The van der Waals surface area contributed by atoms with Gasteiger partial charge in [0.1, 0.15) is 17.9 Å². The molecule has 150 valence electrons. The number of carbonyl (C=O) groups is 1. The number of benzene rings is 2. The molecule has 1 fully saturated rings. The molecule has 1 heterocycles. The third-order valence-corrected chi connectivity index (χ3v) is 6.34. The maximum atomic E-state index is 13.9. The molecule has 0 bridgehead atoms. The van der Waals surface area contributed by atoms with Crippen molar-refractivity contribution in [1.29, 1.82) is 0 Å². The van der Waals surface area contributed by atoms with Crippen LogP contribution in [0.15, 0.2) is 53.4 Å². The molecule has 0 radical (unpaired) electrons. The Balaban J connectivity index is 1.90. The number of carbonyl (C=O) groups excluding carboxylic acids is 1. The van der Waals surface area contributed by atoms with Gasteiger partial charge in [-0.3, -0.25) is 4.79 Å². The smallest absolute Gasteiger partial charge is 0.324 e. The number of hydrogen-bond acceptors (Lipinski definition) is 6. The first-order valence-electron chi connectivity index (χ1n) is 8.51. The Morgan fingerprint density at radius 3 is 2.57 bits per heavy atom. The minimum Gasteiger partial charge on any atom is -0.497 e. The van der Waals surface area contributed by atoms with E-state index in [2.05, 4.69) is 0 Å². The van der Waals surface area contributed by atoms with Crippen molar-refractivity contribution in [3.8, 4) is 11.5 Å². The number of methoxy groups -OCH3 is 2. The van der Waals surface area contributed by atoms with Crippen molar-refractivity contribution >= 4 is 16.0 Å². The van der Waals surface area contributed by atoms with Crippen molar-refractivity contribution in [1.82, 2.24) is 4.31 Å². The van der Waals surface area contributed by atoms with Gasteiger partial charge in [0.2, 0.25) is 10.0 Å². The summed E-state index contributed by atoms with van der Waals surface area (Å²) in [6, 6.07) is 10.7. The molecule has 2 aromatic rings. The summed E-state index contributed by atoms with van der Waals surface area (Å²) in [6.07, 6.45) is -0.661. The van der Waals surface area contributed by atoms with Crippen molar-refractivity contribution in [2.24, 2.45) is 0 Å². The summed E-state index contributed by atoms with van der Waals surface area (Å²) in [5.74, 6) is -0.900. The quantitative estimate of drug-likeness (QED) is 0.681. The number of halogens is 1. The largest absolute Gasteiger partial charge is 0.497 e. The Hall–Kier alpha value is -2.65. The van der Waals surface area contributed by atoms with Crippen molar-refractivity contribution in [3.05, 3.63) is 54.3 Å². The van der Waals surface area contributed by atoms with Crippen LogP contribution in [-0.2, 0) is 19.6 Å². The second kappa shape index (κ2) is 8.15. The van der Waals surface area contributed by atoms with Crippen molar-refractivity contribution in [3.63, 3.8) is 0 Å². The SMILES string of the molecule is COC(=O)C1CC(Oc2ccccc2F)CN1S(=O)(=O)c1cccc(OC)c1. The molecule has 3 rings (SSSR count). The molecule has 1 saturated heterocycles. The zero-order valence-corrected chi connectivity index (χ0v) is 16.2. The van der Waals surface area contributed by atoms with Crippen molar-refractivity contribution < 1.29 is 31.8 Å². The Labute approximate surface area is 162 Å². The highest BCUT2D eigenvalue weighted by molar-refractivity contribution is 7.89. The number of rotatable bonds is 6.